The Labute approximate surface area is 114 Å². The molecular formula is C14H12N4O2. The van der Waals surface area contributed by atoms with Gasteiger partial charge in [-0.05, 0) is 37.6 Å². The van der Waals surface area contributed by atoms with Crippen LogP contribution in [0.5, 0.6) is 0 Å². The average molecular weight is 268 g/mol. The fraction of sp³-hybridized carbons (Fsp3) is 0.143. The van der Waals surface area contributed by atoms with Crippen LogP contribution in [-0.2, 0) is 0 Å². The number of pyridine rings is 1. The summed E-state index contributed by atoms with van der Waals surface area (Å²) in [6, 6.07) is 9.11. The van der Waals surface area contributed by atoms with Crippen molar-refractivity contribution < 1.29 is 9.90 Å². The zero-order chi connectivity index (χ0) is 14.3. The third-order valence-electron chi connectivity index (χ3n) is 3.09. The quantitative estimate of drug-likeness (QED) is 0.770. The van der Waals surface area contributed by atoms with E-state index in [4.69, 9.17) is 0 Å². The van der Waals surface area contributed by atoms with Crippen molar-refractivity contribution in [2.75, 3.05) is 0 Å². The first kappa shape index (κ1) is 12.3. The molecule has 0 amide bonds. The van der Waals surface area contributed by atoms with Crippen LogP contribution < -0.4 is 0 Å². The summed E-state index contributed by atoms with van der Waals surface area (Å²) in [5.74, 6) is -0.728. The molecule has 0 spiro atoms. The van der Waals surface area contributed by atoms with Crippen molar-refractivity contribution >= 4 is 17.0 Å². The Balaban J connectivity index is 2.37. The molecule has 20 heavy (non-hydrogen) atoms. The molecule has 1 aromatic carbocycles. The van der Waals surface area contributed by atoms with E-state index in [1.807, 2.05) is 31.2 Å². The summed E-state index contributed by atoms with van der Waals surface area (Å²) in [4.78, 5) is 15.8. The van der Waals surface area contributed by atoms with Crippen molar-refractivity contribution in [2.24, 2.45) is 0 Å². The van der Waals surface area contributed by atoms with E-state index >= 15 is 0 Å². The maximum absolute atomic E-state index is 11.5. The number of aromatic nitrogens is 4. The first-order valence-electron chi connectivity index (χ1n) is 6.10. The summed E-state index contributed by atoms with van der Waals surface area (Å²) >= 11 is 0. The summed E-state index contributed by atoms with van der Waals surface area (Å²) in [7, 11) is 0. The van der Waals surface area contributed by atoms with Gasteiger partial charge in [0.2, 0.25) is 0 Å². The summed E-state index contributed by atoms with van der Waals surface area (Å²) in [6.07, 6.45) is 0. The summed E-state index contributed by atoms with van der Waals surface area (Å²) in [5.41, 5.74) is 2.96. The SMILES string of the molecule is Cc1cc(C)c(C(=O)O)c(-n2nnc3ccccc32)n1. The molecule has 0 saturated heterocycles. The standard InChI is InChI=1S/C14H12N4O2/c1-8-7-9(2)15-13(12(8)14(19)20)18-11-6-4-3-5-10(11)16-17-18/h3-7H,1-2H3,(H,19,20). The Kier molecular flexibility index (Phi) is 2.71. The zero-order valence-electron chi connectivity index (χ0n) is 11.0. The van der Waals surface area contributed by atoms with E-state index in [2.05, 4.69) is 15.3 Å². The Morgan fingerprint density at radius 3 is 2.75 bits per heavy atom. The molecule has 3 aromatic rings. The molecular weight excluding hydrogens is 256 g/mol. The normalized spacial score (nSPS) is 10.9. The van der Waals surface area contributed by atoms with Crippen molar-refractivity contribution in [3.05, 3.63) is 47.2 Å². The highest BCUT2D eigenvalue weighted by Gasteiger charge is 2.19. The van der Waals surface area contributed by atoms with E-state index in [0.29, 0.717) is 16.9 Å². The van der Waals surface area contributed by atoms with Gasteiger partial charge in [-0.3, -0.25) is 0 Å². The predicted molar refractivity (Wildman–Crippen MR) is 73.1 cm³/mol. The van der Waals surface area contributed by atoms with Crippen molar-refractivity contribution in [2.45, 2.75) is 13.8 Å². The molecule has 2 heterocycles. The number of carboxylic acid groups (broad SMARTS) is 1. The van der Waals surface area contributed by atoms with Crippen LogP contribution in [0.1, 0.15) is 21.6 Å². The third kappa shape index (κ3) is 1.82. The Morgan fingerprint density at radius 2 is 2.00 bits per heavy atom. The number of carbonyl (C=O) groups is 1. The van der Waals surface area contributed by atoms with E-state index in [1.165, 1.54) is 4.68 Å². The van der Waals surface area contributed by atoms with Crippen LogP contribution >= 0.6 is 0 Å². The summed E-state index contributed by atoms with van der Waals surface area (Å²) in [5, 5.41) is 17.5. The van der Waals surface area contributed by atoms with Crippen LogP contribution in [0, 0.1) is 13.8 Å². The number of nitrogens with zero attached hydrogens (tertiary/aromatic N) is 4. The minimum absolute atomic E-state index is 0.145. The lowest BCUT2D eigenvalue weighted by Crippen LogP contribution is -2.12. The van der Waals surface area contributed by atoms with Crippen molar-refractivity contribution in [3.8, 4) is 5.82 Å². The van der Waals surface area contributed by atoms with E-state index in [9.17, 15) is 9.90 Å². The number of benzene rings is 1. The molecule has 0 unspecified atom stereocenters. The van der Waals surface area contributed by atoms with Gasteiger partial charge in [-0.1, -0.05) is 17.3 Å². The van der Waals surface area contributed by atoms with Crippen LogP contribution in [0.25, 0.3) is 16.9 Å². The van der Waals surface area contributed by atoms with Gasteiger partial charge in [0.15, 0.2) is 5.82 Å². The van der Waals surface area contributed by atoms with Crippen molar-refractivity contribution in [3.63, 3.8) is 0 Å². The number of hydrogen-bond acceptors (Lipinski definition) is 4. The molecule has 0 aliphatic heterocycles. The minimum Gasteiger partial charge on any atom is -0.478 e. The van der Waals surface area contributed by atoms with Crippen LogP contribution in [0.15, 0.2) is 30.3 Å². The van der Waals surface area contributed by atoms with Gasteiger partial charge in [-0.15, -0.1) is 5.10 Å². The molecule has 0 fully saturated rings. The summed E-state index contributed by atoms with van der Waals surface area (Å²) in [6.45, 7) is 3.57. The number of aryl methyl sites for hydroxylation is 2. The molecule has 6 nitrogen and oxygen atoms in total. The molecule has 0 radical (unpaired) electrons. The van der Waals surface area contributed by atoms with Gasteiger partial charge >= 0.3 is 5.97 Å². The van der Waals surface area contributed by atoms with Crippen LogP contribution in [0.4, 0.5) is 0 Å². The first-order chi connectivity index (χ1) is 9.58. The fourth-order valence-corrected chi connectivity index (χ4v) is 2.26. The monoisotopic (exact) mass is 268 g/mol. The molecule has 0 saturated carbocycles. The molecule has 1 N–H and O–H groups in total. The molecule has 2 aromatic heterocycles. The van der Waals surface area contributed by atoms with Gasteiger partial charge in [0.1, 0.15) is 11.1 Å². The molecule has 100 valence electrons. The number of para-hydroxylation sites is 1. The van der Waals surface area contributed by atoms with Crippen LogP contribution in [0.3, 0.4) is 0 Å². The van der Waals surface area contributed by atoms with Crippen LogP contribution in [0.2, 0.25) is 0 Å². The Morgan fingerprint density at radius 1 is 1.25 bits per heavy atom. The first-order valence-corrected chi connectivity index (χ1v) is 6.10. The lowest BCUT2D eigenvalue weighted by molar-refractivity contribution is 0.0695. The largest absolute Gasteiger partial charge is 0.478 e. The number of aromatic carboxylic acids is 1. The summed E-state index contributed by atoms with van der Waals surface area (Å²) < 4.78 is 1.47. The molecule has 0 bridgehead atoms. The second kappa shape index (κ2) is 4.41. The molecule has 6 heteroatoms. The number of fused-ring (bicyclic) bond motifs is 1. The zero-order valence-corrected chi connectivity index (χ0v) is 11.0. The molecule has 0 aliphatic rings. The third-order valence-corrected chi connectivity index (χ3v) is 3.09. The maximum Gasteiger partial charge on any atom is 0.339 e. The fourth-order valence-electron chi connectivity index (χ4n) is 2.26. The van der Waals surface area contributed by atoms with E-state index < -0.39 is 5.97 Å². The topological polar surface area (TPSA) is 80.9 Å². The molecule has 0 aliphatic carbocycles. The smallest absolute Gasteiger partial charge is 0.339 e. The van der Waals surface area contributed by atoms with Gasteiger partial charge in [-0.25, -0.2) is 9.78 Å². The highest BCUT2D eigenvalue weighted by Crippen LogP contribution is 2.21. The molecule has 0 atom stereocenters. The van der Waals surface area contributed by atoms with E-state index in [0.717, 1.165) is 11.2 Å². The van der Waals surface area contributed by atoms with Gasteiger partial charge in [0, 0.05) is 5.69 Å². The second-order valence-electron chi connectivity index (χ2n) is 4.57. The number of rotatable bonds is 2. The Hall–Kier alpha value is -2.76. The molecule has 3 rings (SSSR count). The lowest BCUT2D eigenvalue weighted by atomic mass is 10.1. The van der Waals surface area contributed by atoms with Crippen molar-refractivity contribution in [1.29, 1.82) is 0 Å². The second-order valence-corrected chi connectivity index (χ2v) is 4.57. The number of carboxylic acids is 1. The highest BCUT2D eigenvalue weighted by molar-refractivity contribution is 5.93. The van der Waals surface area contributed by atoms with Gasteiger partial charge in [-0.2, -0.15) is 4.68 Å². The number of hydrogen-bond donors (Lipinski definition) is 1. The Bertz CT molecular complexity index is 823. The lowest BCUT2D eigenvalue weighted by Gasteiger charge is -2.09. The van der Waals surface area contributed by atoms with Crippen molar-refractivity contribution in [1.82, 2.24) is 20.0 Å². The maximum atomic E-state index is 11.5. The average Bonchev–Trinajstić information content (AvgIpc) is 2.80. The van der Waals surface area contributed by atoms with Crippen LogP contribution in [-0.4, -0.2) is 31.1 Å². The van der Waals surface area contributed by atoms with E-state index in [-0.39, 0.29) is 5.56 Å². The van der Waals surface area contributed by atoms with Gasteiger partial charge in [0.25, 0.3) is 0 Å². The minimum atomic E-state index is -1.02. The highest BCUT2D eigenvalue weighted by atomic mass is 16.4. The predicted octanol–water partition coefficient (Wildman–Crippen LogP) is 2.13. The van der Waals surface area contributed by atoms with E-state index in [1.54, 1.807) is 13.0 Å². The van der Waals surface area contributed by atoms with Gasteiger partial charge < -0.3 is 5.11 Å². The van der Waals surface area contributed by atoms with Gasteiger partial charge in [0.05, 0.1) is 5.52 Å².